The van der Waals surface area contributed by atoms with E-state index in [-0.39, 0.29) is 12.3 Å². The maximum atomic E-state index is 11.8. The Morgan fingerprint density at radius 3 is 2.10 bits per heavy atom. The molecule has 0 spiro atoms. The standard InChI is InChI=1S/C16H16N2O2/c17-14(12-7-3-1-4-8-12)11-15(19)18-16(20)13-9-5-2-6-10-13/h1-10,14H,11,17H2,(H,18,19,20). The Morgan fingerprint density at radius 1 is 0.950 bits per heavy atom. The van der Waals surface area contributed by atoms with E-state index in [9.17, 15) is 9.59 Å². The lowest BCUT2D eigenvalue weighted by molar-refractivity contribution is -0.120. The maximum Gasteiger partial charge on any atom is 0.257 e. The van der Waals surface area contributed by atoms with Crippen LogP contribution in [0.5, 0.6) is 0 Å². The number of hydrogen-bond donors (Lipinski definition) is 2. The Kier molecular flexibility index (Phi) is 4.63. The predicted molar refractivity (Wildman–Crippen MR) is 76.9 cm³/mol. The van der Waals surface area contributed by atoms with E-state index in [4.69, 9.17) is 5.73 Å². The van der Waals surface area contributed by atoms with E-state index in [1.54, 1.807) is 24.3 Å². The van der Waals surface area contributed by atoms with E-state index in [1.165, 1.54) is 0 Å². The van der Waals surface area contributed by atoms with Crippen molar-refractivity contribution in [3.8, 4) is 0 Å². The van der Waals surface area contributed by atoms with Crippen LogP contribution in [0.15, 0.2) is 60.7 Å². The van der Waals surface area contributed by atoms with Gasteiger partial charge in [0.1, 0.15) is 0 Å². The summed E-state index contributed by atoms with van der Waals surface area (Å²) in [7, 11) is 0. The van der Waals surface area contributed by atoms with Crippen LogP contribution >= 0.6 is 0 Å². The molecule has 0 aliphatic heterocycles. The quantitative estimate of drug-likeness (QED) is 0.891. The van der Waals surface area contributed by atoms with Crippen molar-refractivity contribution < 1.29 is 9.59 Å². The SMILES string of the molecule is NC(CC(=O)NC(=O)c1ccccc1)c1ccccc1. The molecule has 20 heavy (non-hydrogen) atoms. The molecule has 4 nitrogen and oxygen atoms in total. The van der Waals surface area contributed by atoms with Crippen molar-refractivity contribution in [2.75, 3.05) is 0 Å². The normalized spacial score (nSPS) is 11.7. The van der Waals surface area contributed by atoms with Gasteiger partial charge in [0, 0.05) is 18.0 Å². The fraction of sp³-hybridized carbons (Fsp3) is 0.125. The Morgan fingerprint density at radius 2 is 1.50 bits per heavy atom. The van der Waals surface area contributed by atoms with Crippen LogP contribution in [-0.4, -0.2) is 11.8 Å². The van der Waals surface area contributed by atoms with Crippen LogP contribution in [0.2, 0.25) is 0 Å². The number of hydrogen-bond acceptors (Lipinski definition) is 3. The Hall–Kier alpha value is -2.46. The second kappa shape index (κ2) is 6.63. The molecule has 0 aliphatic carbocycles. The third-order valence-electron chi connectivity index (χ3n) is 2.92. The molecule has 1 unspecified atom stereocenters. The third kappa shape index (κ3) is 3.76. The lowest BCUT2D eigenvalue weighted by Gasteiger charge is -2.11. The average molecular weight is 268 g/mol. The van der Waals surface area contributed by atoms with Crippen LogP contribution in [0, 0.1) is 0 Å². The highest BCUT2D eigenvalue weighted by atomic mass is 16.2. The van der Waals surface area contributed by atoms with Crippen LogP contribution < -0.4 is 11.1 Å². The minimum Gasteiger partial charge on any atom is -0.324 e. The third-order valence-corrected chi connectivity index (χ3v) is 2.92. The van der Waals surface area contributed by atoms with E-state index in [1.807, 2.05) is 36.4 Å². The molecule has 0 saturated carbocycles. The summed E-state index contributed by atoms with van der Waals surface area (Å²) >= 11 is 0. The Balaban J connectivity index is 1.91. The first-order valence-electron chi connectivity index (χ1n) is 6.36. The molecule has 3 N–H and O–H groups in total. The zero-order chi connectivity index (χ0) is 14.4. The first kappa shape index (κ1) is 14.0. The van der Waals surface area contributed by atoms with Crippen molar-refractivity contribution in [3.63, 3.8) is 0 Å². The second-order valence-electron chi connectivity index (χ2n) is 4.46. The van der Waals surface area contributed by atoms with Gasteiger partial charge in [0.15, 0.2) is 0 Å². The van der Waals surface area contributed by atoms with Gasteiger partial charge < -0.3 is 5.73 Å². The first-order chi connectivity index (χ1) is 9.66. The smallest absolute Gasteiger partial charge is 0.257 e. The van der Waals surface area contributed by atoms with Crippen LogP contribution in [0.1, 0.15) is 28.4 Å². The van der Waals surface area contributed by atoms with Gasteiger partial charge in [-0.3, -0.25) is 14.9 Å². The van der Waals surface area contributed by atoms with Crippen molar-refractivity contribution in [3.05, 3.63) is 71.8 Å². The Bertz CT molecular complexity index is 582. The highest BCUT2D eigenvalue weighted by molar-refractivity contribution is 6.04. The molecule has 0 fully saturated rings. The number of imide groups is 1. The summed E-state index contributed by atoms with van der Waals surface area (Å²) in [5, 5.41) is 2.34. The van der Waals surface area contributed by atoms with Gasteiger partial charge in [-0.25, -0.2) is 0 Å². The van der Waals surface area contributed by atoms with Crippen LogP contribution in [0.4, 0.5) is 0 Å². The van der Waals surface area contributed by atoms with Crippen LogP contribution in [0.25, 0.3) is 0 Å². The number of carbonyl (C=O) groups is 2. The van der Waals surface area contributed by atoms with E-state index < -0.39 is 11.9 Å². The van der Waals surface area contributed by atoms with Crippen molar-refractivity contribution in [1.82, 2.24) is 5.32 Å². The van der Waals surface area contributed by atoms with Crippen molar-refractivity contribution in [1.29, 1.82) is 0 Å². The van der Waals surface area contributed by atoms with Crippen molar-refractivity contribution in [2.45, 2.75) is 12.5 Å². The van der Waals surface area contributed by atoms with Crippen molar-refractivity contribution >= 4 is 11.8 Å². The van der Waals surface area contributed by atoms with Gasteiger partial charge in [-0.05, 0) is 17.7 Å². The zero-order valence-corrected chi connectivity index (χ0v) is 11.0. The van der Waals surface area contributed by atoms with Gasteiger partial charge in [-0.1, -0.05) is 48.5 Å². The number of nitrogens with one attached hydrogen (secondary N) is 1. The molecule has 0 bridgehead atoms. The molecule has 0 saturated heterocycles. The molecule has 1 atom stereocenters. The van der Waals surface area contributed by atoms with Gasteiger partial charge in [0.2, 0.25) is 5.91 Å². The van der Waals surface area contributed by atoms with Crippen LogP contribution in [0.3, 0.4) is 0 Å². The summed E-state index contributed by atoms with van der Waals surface area (Å²) < 4.78 is 0. The lowest BCUT2D eigenvalue weighted by Crippen LogP contribution is -2.32. The summed E-state index contributed by atoms with van der Waals surface area (Å²) in [6.45, 7) is 0. The molecule has 2 amide bonds. The summed E-state index contributed by atoms with van der Waals surface area (Å²) in [6.07, 6.45) is 0.0720. The fourth-order valence-corrected chi connectivity index (χ4v) is 1.86. The topological polar surface area (TPSA) is 72.2 Å². The van der Waals surface area contributed by atoms with E-state index >= 15 is 0 Å². The number of rotatable bonds is 4. The molecule has 2 rings (SSSR count). The minimum absolute atomic E-state index is 0.0720. The van der Waals surface area contributed by atoms with Crippen LogP contribution in [-0.2, 0) is 4.79 Å². The summed E-state index contributed by atoms with van der Waals surface area (Å²) in [5.74, 6) is -0.786. The minimum atomic E-state index is -0.417. The molecular formula is C16H16N2O2. The van der Waals surface area contributed by atoms with Gasteiger partial charge in [0.05, 0.1) is 0 Å². The predicted octanol–water partition coefficient (Wildman–Crippen LogP) is 2.03. The van der Waals surface area contributed by atoms with Gasteiger partial charge in [0.25, 0.3) is 5.91 Å². The molecule has 2 aromatic carbocycles. The molecule has 102 valence electrons. The number of nitrogens with two attached hydrogens (primary N) is 1. The zero-order valence-electron chi connectivity index (χ0n) is 11.0. The molecule has 0 heterocycles. The number of carbonyl (C=O) groups excluding carboxylic acids is 2. The highest BCUT2D eigenvalue weighted by Crippen LogP contribution is 2.13. The van der Waals surface area contributed by atoms with Crippen molar-refractivity contribution in [2.24, 2.45) is 5.73 Å². The lowest BCUT2D eigenvalue weighted by atomic mass is 10.0. The maximum absolute atomic E-state index is 11.8. The number of amides is 2. The van der Waals surface area contributed by atoms with E-state index in [0.717, 1.165) is 5.56 Å². The second-order valence-corrected chi connectivity index (χ2v) is 4.46. The molecule has 4 heteroatoms. The largest absolute Gasteiger partial charge is 0.324 e. The average Bonchev–Trinajstić information content (AvgIpc) is 2.49. The van der Waals surface area contributed by atoms with Gasteiger partial charge in [-0.2, -0.15) is 0 Å². The molecule has 0 aliphatic rings. The summed E-state index contributed by atoms with van der Waals surface area (Å²) in [4.78, 5) is 23.6. The van der Waals surface area contributed by atoms with E-state index in [2.05, 4.69) is 5.32 Å². The number of benzene rings is 2. The molecular weight excluding hydrogens is 252 g/mol. The van der Waals surface area contributed by atoms with Gasteiger partial charge in [-0.15, -0.1) is 0 Å². The highest BCUT2D eigenvalue weighted by Gasteiger charge is 2.14. The first-order valence-corrected chi connectivity index (χ1v) is 6.36. The molecule has 0 radical (unpaired) electrons. The van der Waals surface area contributed by atoms with E-state index in [0.29, 0.717) is 5.56 Å². The molecule has 0 aromatic heterocycles. The Labute approximate surface area is 117 Å². The fourth-order valence-electron chi connectivity index (χ4n) is 1.86. The monoisotopic (exact) mass is 268 g/mol. The van der Waals surface area contributed by atoms with Gasteiger partial charge >= 0.3 is 0 Å². The summed E-state index contributed by atoms with van der Waals surface area (Å²) in [5.41, 5.74) is 7.26. The molecule has 2 aromatic rings. The summed E-state index contributed by atoms with van der Waals surface area (Å²) in [6, 6.07) is 17.5.